The molecule has 2 N–H and O–H groups in total. The molecule has 2 atom stereocenters. The van der Waals surface area contributed by atoms with Crippen LogP contribution in [-0.2, 0) is 6.54 Å². The quantitative estimate of drug-likeness (QED) is 0.662. The lowest BCUT2D eigenvalue weighted by molar-refractivity contribution is 0.102. The fourth-order valence-corrected chi connectivity index (χ4v) is 4.57. The van der Waals surface area contributed by atoms with Gasteiger partial charge in [-0.25, -0.2) is 9.37 Å². The second-order valence-electron chi connectivity index (χ2n) is 8.16. The molecule has 2 bridgehead atoms. The minimum atomic E-state index is -0.370. The number of amides is 1. The van der Waals surface area contributed by atoms with E-state index >= 15 is 0 Å². The number of anilines is 2. The third kappa shape index (κ3) is 4.09. The molecule has 0 unspecified atom stereocenters. The largest absolute Gasteiger partial charge is 0.508 e. The minimum Gasteiger partial charge on any atom is -0.508 e. The lowest BCUT2D eigenvalue weighted by atomic mass is 10.2. The van der Waals surface area contributed by atoms with Gasteiger partial charge in [-0.15, -0.1) is 0 Å². The Hall–Kier alpha value is -3.45. The maximum absolute atomic E-state index is 13.1. The maximum atomic E-state index is 13.1. The van der Waals surface area contributed by atoms with E-state index in [1.165, 1.54) is 24.3 Å². The number of nitrogens with zero attached hydrogens (tertiary/aromatic N) is 3. The highest BCUT2D eigenvalue weighted by molar-refractivity contribution is 6.04. The molecule has 7 heteroatoms. The highest BCUT2D eigenvalue weighted by Gasteiger charge is 2.43. The number of phenols is 1. The molecular weight excluding hydrogens is 395 g/mol. The molecule has 31 heavy (non-hydrogen) atoms. The second kappa shape index (κ2) is 8.00. The van der Waals surface area contributed by atoms with Gasteiger partial charge in [0.2, 0.25) is 0 Å². The zero-order valence-corrected chi connectivity index (χ0v) is 16.9. The number of nitrogens with one attached hydrogen (secondary N) is 1. The van der Waals surface area contributed by atoms with Gasteiger partial charge in [-0.1, -0.05) is 12.1 Å². The summed E-state index contributed by atoms with van der Waals surface area (Å²) in [6.07, 6.45) is 2.78. The molecule has 0 radical (unpaired) electrons. The summed E-state index contributed by atoms with van der Waals surface area (Å²) in [5.74, 6) is 0.496. The van der Waals surface area contributed by atoms with E-state index < -0.39 is 0 Å². The lowest BCUT2D eigenvalue weighted by Gasteiger charge is -2.35. The molecule has 158 valence electrons. The standard InChI is InChI=1S/C24H23FN4O2/c25-18-6-4-17(5-7-18)24(31)27-19-8-9-26-23(11-19)29-15-20-12-21(29)14-28(20)13-16-2-1-3-22(30)10-16/h1-11,20-21,30H,12-15H2,(H,26,27,31)/t20-,21-/m1/s1. The highest BCUT2D eigenvalue weighted by Crippen LogP contribution is 2.35. The van der Waals surface area contributed by atoms with Crippen LogP contribution in [0.1, 0.15) is 22.3 Å². The Balaban J connectivity index is 1.24. The number of halogens is 1. The van der Waals surface area contributed by atoms with Gasteiger partial charge in [0.25, 0.3) is 5.91 Å². The van der Waals surface area contributed by atoms with Crippen LogP contribution < -0.4 is 10.2 Å². The Morgan fingerprint density at radius 2 is 1.94 bits per heavy atom. The van der Waals surface area contributed by atoms with Gasteiger partial charge < -0.3 is 15.3 Å². The summed E-state index contributed by atoms with van der Waals surface area (Å²) in [5, 5.41) is 12.6. The Morgan fingerprint density at radius 3 is 2.68 bits per heavy atom. The van der Waals surface area contributed by atoms with Crippen molar-refractivity contribution in [2.75, 3.05) is 23.3 Å². The number of likely N-dealkylation sites (tertiary alicyclic amines) is 1. The molecule has 1 aromatic heterocycles. The lowest BCUT2D eigenvalue weighted by Crippen LogP contribution is -2.46. The fourth-order valence-electron chi connectivity index (χ4n) is 4.57. The van der Waals surface area contributed by atoms with Gasteiger partial charge in [0.05, 0.1) is 0 Å². The van der Waals surface area contributed by atoms with Crippen LogP contribution in [0, 0.1) is 5.82 Å². The summed E-state index contributed by atoms with van der Waals surface area (Å²) in [5.41, 5.74) is 2.18. The van der Waals surface area contributed by atoms with Crippen molar-refractivity contribution in [2.24, 2.45) is 0 Å². The Morgan fingerprint density at radius 1 is 1.10 bits per heavy atom. The highest BCUT2D eigenvalue weighted by atomic mass is 19.1. The molecule has 0 saturated carbocycles. The van der Waals surface area contributed by atoms with Gasteiger partial charge in [0.15, 0.2) is 0 Å². The van der Waals surface area contributed by atoms with Crippen LogP contribution in [0.5, 0.6) is 5.75 Å². The van der Waals surface area contributed by atoms with Gasteiger partial charge >= 0.3 is 0 Å². The molecule has 2 saturated heterocycles. The van der Waals surface area contributed by atoms with Crippen LogP contribution in [0.3, 0.4) is 0 Å². The number of benzene rings is 2. The molecule has 5 rings (SSSR count). The van der Waals surface area contributed by atoms with Crippen molar-refractivity contribution in [2.45, 2.75) is 25.0 Å². The SMILES string of the molecule is O=C(Nc1ccnc(N2C[C@H]3C[C@@H]2CN3Cc2cccc(O)c2)c1)c1ccc(F)cc1. The first-order valence-corrected chi connectivity index (χ1v) is 10.4. The number of pyridine rings is 1. The second-order valence-corrected chi connectivity index (χ2v) is 8.16. The van der Waals surface area contributed by atoms with E-state index in [2.05, 4.69) is 20.1 Å². The Labute approximate surface area is 179 Å². The van der Waals surface area contributed by atoms with E-state index in [1.807, 2.05) is 24.3 Å². The molecule has 1 amide bonds. The van der Waals surface area contributed by atoms with E-state index in [-0.39, 0.29) is 11.7 Å². The van der Waals surface area contributed by atoms with Crippen molar-refractivity contribution in [3.63, 3.8) is 0 Å². The maximum Gasteiger partial charge on any atom is 0.255 e. The first-order chi connectivity index (χ1) is 15.0. The number of phenolic OH excluding ortho intramolecular Hbond substituents is 1. The number of hydrogen-bond acceptors (Lipinski definition) is 5. The molecule has 6 nitrogen and oxygen atoms in total. The summed E-state index contributed by atoms with van der Waals surface area (Å²) in [6.45, 7) is 2.64. The number of fused-ring (bicyclic) bond motifs is 2. The zero-order chi connectivity index (χ0) is 21.4. The number of carbonyl (C=O) groups excluding carboxylic acids is 1. The summed E-state index contributed by atoms with van der Waals surface area (Å²) in [7, 11) is 0. The van der Waals surface area contributed by atoms with Crippen molar-refractivity contribution >= 4 is 17.4 Å². The van der Waals surface area contributed by atoms with Crippen LogP contribution in [0.4, 0.5) is 15.9 Å². The van der Waals surface area contributed by atoms with Crippen LogP contribution >= 0.6 is 0 Å². The van der Waals surface area contributed by atoms with Gasteiger partial charge in [0, 0.05) is 55.2 Å². The molecule has 0 aliphatic carbocycles. The predicted octanol–water partition coefficient (Wildman–Crippen LogP) is 3.64. The number of piperazine rings is 1. The number of hydrogen-bond donors (Lipinski definition) is 2. The first kappa shape index (κ1) is 19.5. The number of aromatic nitrogens is 1. The smallest absolute Gasteiger partial charge is 0.255 e. The molecule has 2 aliphatic rings. The number of rotatable bonds is 5. The van der Waals surface area contributed by atoms with Crippen LogP contribution in [0.15, 0.2) is 66.9 Å². The zero-order valence-electron chi connectivity index (χ0n) is 16.9. The number of aromatic hydroxyl groups is 1. The van der Waals surface area contributed by atoms with Crippen molar-refractivity contribution in [3.05, 3.63) is 83.8 Å². The van der Waals surface area contributed by atoms with Crippen LogP contribution in [0.2, 0.25) is 0 Å². The summed E-state index contributed by atoms with van der Waals surface area (Å²) >= 11 is 0. The van der Waals surface area contributed by atoms with Gasteiger partial charge in [-0.05, 0) is 54.4 Å². The van der Waals surface area contributed by atoms with Crippen LogP contribution in [0.25, 0.3) is 0 Å². The fraction of sp³-hybridized carbons (Fsp3) is 0.250. The minimum absolute atomic E-state index is 0.280. The molecule has 3 heterocycles. The summed E-state index contributed by atoms with van der Waals surface area (Å²) in [4.78, 5) is 21.7. The predicted molar refractivity (Wildman–Crippen MR) is 117 cm³/mol. The monoisotopic (exact) mass is 418 g/mol. The molecule has 2 aromatic carbocycles. The van der Waals surface area contributed by atoms with Gasteiger partial charge in [-0.2, -0.15) is 0 Å². The van der Waals surface area contributed by atoms with Crippen molar-refractivity contribution in [3.8, 4) is 5.75 Å². The topological polar surface area (TPSA) is 68.7 Å². The van der Waals surface area contributed by atoms with Crippen molar-refractivity contribution in [1.82, 2.24) is 9.88 Å². The van der Waals surface area contributed by atoms with E-state index in [1.54, 1.807) is 18.3 Å². The van der Waals surface area contributed by atoms with Crippen molar-refractivity contribution in [1.29, 1.82) is 0 Å². The Kier molecular flexibility index (Phi) is 5.03. The van der Waals surface area contributed by atoms with E-state index in [0.29, 0.717) is 29.1 Å². The third-order valence-corrected chi connectivity index (χ3v) is 6.05. The first-order valence-electron chi connectivity index (χ1n) is 10.4. The summed E-state index contributed by atoms with van der Waals surface area (Å²) in [6, 6.07) is 17.4. The number of carbonyl (C=O) groups is 1. The third-order valence-electron chi connectivity index (χ3n) is 6.05. The van der Waals surface area contributed by atoms with Gasteiger partial charge in [-0.3, -0.25) is 9.69 Å². The van der Waals surface area contributed by atoms with Crippen LogP contribution in [-0.4, -0.2) is 46.1 Å². The van der Waals surface area contributed by atoms with E-state index in [9.17, 15) is 14.3 Å². The normalized spacial score (nSPS) is 20.2. The Bertz CT molecular complexity index is 1100. The molecule has 2 aliphatic heterocycles. The van der Waals surface area contributed by atoms with Crippen molar-refractivity contribution < 1.29 is 14.3 Å². The molecule has 0 spiro atoms. The summed E-state index contributed by atoms with van der Waals surface area (Å²) < 4.78 is 13.1. The average molecular weight is 418 g/mol. The van der Waals surface area contributed by atoms with Gasteiger partial charge in [0.1, 0.15) is 17.4 Å². The van der Waals surface area contributed by atoms with E-state index in [4.69, 9.17) is 0 Å². The molecule has 3 aromatic rings. The average Bonchev–Trinajstić information content (AvgIpc) is 3.35. The molecular formula is C24H23FN4O2. The van der Waals surface area contributed by atoms with E-state index in [0.717, 1.165) is 37.4 Å². The molecule has 2 fully saturated rings.